The second-order valence-corrected chi connectivity index (χ2v) is 8.28. The summed E-state index contributed by atoms with van der Waals surface area (Å²) in [6, 6.07) is 8.28. The topological polar surface area (TPSA) is 54.2 Å². The van der Waals surface area contributed by atoms with Crippen LogP contribution in [0.2, 0.25) is 5.02 Å². The molecule has 0 radical (unpaired) electrons. The van der Waals surface area contributed by atoms with E-state index in [0.29, 0.717) is 0 Å². The number of hydrogen-bond donors (Lipinski definition) is 2. The smallest absolute Gasteiger partial charge is 0.191 e. The van der Waals surface area contributed by atoms with Crippen molar-refractivity contribution in [2.45, 2.75) is 52.5 Å². The first-order chi connectivity index (χ1) is 12.6. The number of rotatable bonds is 6. The van der Waals surface area contributed by atoms with Crippen LogP contribution >= 0.6 is 11.6 Å². The van der Waals surface area contributed by atoms with Gasteiger partial charge in [0.25, 0.3) is 0 Å². The van der Waals surface area contributed by atoms with Crippen LogP contribution in [-0.4, -0.2) is 35.4 Å². The van der Waals surface area contributed by atoms with E-state index in [1.807, 2.05) is 23.9 Å². The third-order valence-corrected chi connectivity index (χ3v) is 5.35. The fraction of sp³-hybridized carbons (Fsp3) is 0.524. The van der Waals surface area contributed by atoms with Crippen molar-refractivity contribution in [1.29, 1.82) is 0 Å². The van der Waals surface area contributed by atoms with Crippen molar-refractivity contribution >= 4 is 17.6 Å². The number of hydrogen-bond acceptors (Lipinski definition) is 2. The van der Waals surface area contributed by atoms with E-state index in [4.69, 9.17) is 11.6 Å². The summed E-state index contributed by atoms with van der Waals surface area (Å²) < 4.78 is 1.94. The Kier molecular flexibility index (Phi) is 6.93. The van der Waals surface area contributed by atoms with Crippen molar-refractivity contribution in [2.75, 3.05) is 13.6 Å². The molecule has 0 aliphatic heterocycles. The van der Waals surface area contributed by atoms with E-state index < -0.39 is 0 Å². The standard InChI is InChI=1S/C21H32ClN5/c1-14(12-19-15(2)26-27(7)16(19)3)25-20(23-6)24-13-21(4,5)17-8-10-18(22)11-9-17/h8-11,14H,12-13H2,1-7H3,(H2,23,24,25). The maximum absolute atomic E-state index is 6.01. The Labute approximate surface area is 168 Å². The Bertz CT molecular complexity index is 790. The number of aryl methyl sites for hydroxylation is 2. The van der Waals surface area contributed by atoms with Crippen LogP contribution in [0.1, 0.15) is 43.3 Å². The van der Waals surface area contributed by atoms with Crippen molar-refractivity contribution in [2.24, 2.45) is 12.0 Å². The lowest BCUT2D eigenvalue weighted by molar-refractivity contribution is 0.504. The molecule has 0 aliphatic carbocycles. The number of aliphatic imine (C=N–C) groups is 1. The molecule has 0 aliphatic rings. The Balaban J connectivity index is 1.96. The van der Waals surface area contributed by atoms with Crippen molar-refractivity contribution in [3.8, 4) is 0 Å². The third-order valence-electron chi connectivity index (χ3n) is 5.10. The SMILES string of the molecule is CN=C(NCC(C)(C)c1ccc(Cl)cc1)NC(C)Cc1c(C)nn(C)c1C. The molecule has 0 bridgehead atoms. The van der Waals surface area contributed by atoms with Crippen LogP contribution in [0.5, 0.6) is 0 Å². The fourth-order valence-electron chi connectivity index (χ4n) is 3.21. The van der Waals surface area contributed by atoms with Crippen LogP contribution in [0.15, 0.2) is 29.3 Å². The van der Waals surface area contributed by atoms with Gasteiger partial charge in [0, 0.05) is 42.8 Å². The zero-order chi connectivity index (χ0) is 20.2. The van der Waals surface area contributed by atoms with Gasteiger partial charge >= 0.3 is 0 Å². The lowest BCUT2D eigenvalue weighted by Crippen LogP contribution is -2.47. The first kappa shape index (κ1) is 21.3. The molecule has 0 spiro atoms. The molecule has 6 heteroatoms. The lowest BCUT2D eigenvalue weighted by atomic mass is 9.85. The average Bonchev–Trinajstić information content (AvgIpc) is 2.85. The van der Waals surface area contributed by atoms with E-state index >= 15 is 0 Å². The molecule has 0 saturated heterocycles. The first-order valence-electron chi connectivity index (χ1n) is 9.36. The Morgan fingerprint density at radius 2 is 1.89 bits per heavy atom. The minimum atomic E-state index is -0.0397. The van der Waals surface area contributed by atoms with Gasteiger partial charge < -0.3 is 10.6 Å². The van der Waals surface area contributed by atoms with Gasteiger partial charge in [-0.3, -0.25) is 9.67 Å². The van der Waals surface area contributed by atoms with E-state index in [2.05, 4.69) is 67.5 Å². The summed E-state index contributed by atoms with van der Waals surface area (Å²) in [5.41, 5.74) is 4.81. The average molecular weight is 390 g/mol. The molecule has 1 unspecified atom stereocenters. The van der Waals surface area contributed by atoms with E-state index in [9.17, 15) is 0 Å². The molecule has 0 fully saturated rings. The van der Waals surface area contributed by atoms with Gasteiger partial charge in [-0.25, -0.2) is 0 Å². The predicted molar refractivity (Wildman–Crippen MR) is 115 cm³/mol. The zero-order valence-electron chi connectivity index (χ0n) is 17.5. The number of nitrogens with zero attached hydrogens (tertiary/aromatic N) is 3. The van der Waals surface area contributed by atoms with Crippen molar-refractivity contribution in [1.82, 2.24) is 20.4 Å². The van der Waals surface area contributed by atoms with Gasteiger partial charge in [0.1, 0.15) is 0 Å². The molecule has 2 aromatic rings. The summed E-state index contributed by atoms with van der Waals surface area (Å²) in [5.74, 6) is 0.809. The summed E-state index contributed by atoms with van der Waals surface area (Å²) in [5, 5.41) is 12.2. The van der Waals surface area contributed by atoms with Crippen molar-refractivity contribution < 1.29 is 0 Å². The van der Waals surface area contributed by atoms with Gasteiger partial charge in [-0.15, -0.1) is 0 Å². The molecule has 2 rings (SSSR count). The quantitative estimate of drug-likeness (QED) is 0.584. The van der Waals surface area contributed by atoms with Gasteiger partial charge in [0.2, 0.25) is 0 Å². The normalized spacial score (nSPS) is 13.6. The molecule has 1 aromatic heterocycles. The van der Waals surface area contributed by atoms with E-state index in [0.717, 1.165) is 29.6 Å². The second-order valence-electron chi connectivity index (χ2n) is 7.84. The summed E-state index contributed by atoms with van der Waals surface area (Å²) in [6.45, 7) is 11.5. The monoisotopic (exact) mass is 389 g/mol. The maximum atomic E-state index is 6.01. The summed E-state index contributed by atoms with van der Waals surface area (Å²) in [4.78, 5) is 4.38. The van der Waals surface area contributed by atoms with Crippen LogP contribution in [-0.2, 0) is 18.9 Å². The minimum Gasteiger partial charge on any atom is -0.356 e. The number of halogens is 1. The molecule has 2 N–H and O–H groups in total. The Morgan fingerprint density at radius 3 is 2.41 bits per heavy atom. The number of aromatic nitrogens is 2. The van der Waals surface area contributed by atoms with Gasteiger partial charge in [0.15, 0.2) is 5.96 Å². The highest BCUT2D eigenvalue weighted by Gasteiger charge is 2.21. The molecule has 1 heterocycles. The lowest BCUT2D eigenvalue weighted by Gasteiger charge is -2.27. The summed E-state index contributed by atoms with van der Waals surface area (Å²) in [6.07, 6.45) is 0.910. The van der Waals surface area contributed by atoms with E-state index in [1.165, 1.54) is 16.8 Å². The molecule has 1 aromatic carbocycles. The maximum Gasteiger partial charge on any atom is 0.191 e. The second kappa shape index (κ2) is 8.79. The molecule has 0 amide bonds. The highest BCUT2D eigenvalue weighted by atomic mass is 35.5. The van der Waals surface area contributed by atoms with Crippen LogP contribution in [0, 0.1) is 13.8 Å². The van der Waals surface area contributed by atoms with Crippen LogP contribution < -0.4 is 10.6 Å². The molecule has 5 nitrogen and oxygen atoms in total. The molecule has 0 saturated carbocycles. The Morgan fingerprint density at radius 1 is 1.26 bits per heavy atom. The van der Waals surface area contributed by atoms with E-state index in [-0.39, 0.29) is 11.5 Å². The van der Waals surface area contributed by atoms with Crippen LogP contribution in [0.25, 0.3) is 0 Å². The summed E-state index contributed by atoms with van der Waals surface area (Å²) >= 11 is 6.01. The van der Waals surface area contributed by atoms with Gasteiger partial charge in [-0.1, -0.05) is 37.6 Å². The van der Waals surface area contributed by atoms with Gasteiger partial charge in [-0.05, 0) is 50.5 Å². The Hall–Kier alpha value is -2.01. The number of nitrogens with one attached hydrogen (secondary N) is 2. The highest BCUT2D eigenvalue weighted by molar-refractivity contribution is 6.30. The predicted octanol–water partition coefficient (Wildman–Crippen LogP) is 3.76. The van der Waals surface area contributed by atoms with Crippen LogP contribution in [0.4, 0.5) is 0 Å². The van der Waals surface area contributed by atoms with E-state index in [1.54, 1.807) is 7.05 Å². The molecule has 148 valence electrons. The number of benzene rings is 1. The molecular weight excluding hydrogens is 358 g/mol. The summed E-state index contributed by atoms with van der Waals surface area (Å²) in [7, 11) is 3.79. The highest BCUT2D eigenvalue weighted by Crippen LogP contribution is 2.23. The largest absolute Gasteiger partial charge is 0.356 e. The zero-order valence-corrected chi connectivity index (χ0v) is 18.3. The minimum absolute atomic E-state index is 0.0397. The van der Waals surface area contributed by atoms with Crippen LogP contribution in [0.3, 0.4) is 0 Å². The number of guanidine groups is 1. The van der Waals surface area contributed by atoms with Crippen molar-refractivity contribution in [3.05, 3.63) is 51.8 Å². The van der Waals surface area contributed by atoms with Crippen molar-refractivity contribution in [3.63, 3.8) is 0 Å². The van der Waals surface area contributed by atoms with Gasteiger partial charge in [0.05, 0.1) is 5.69 Å². The molecule has 1 atom stereocenters. The molecule has 27 heavy (non-hydrogen) atoms. The fourth-order valence-corrected chi connectivity index (χ4v) is 3.33. The third kappa shape index (κ3) is 5.48. The van der Waals surface area contributed by atoms with Gasteiger partial charge in [-0.2, -0.15) is 5.10 Å². The molecular formula is C21H32ClN5. The first-order valence-corrected chi connectivity index (χ1v) is 9.74.